The minimum absolute atomic E-state index is 0.213. The quantitative estimate of drug-likeness (QED) is 0.602. The maximum atomic E-state index is 13.1. The van der Waals surface area contributed by atoms with E-state index in [9.17, 15) is 9.18 Å². The van der Waals surface area contributed by atoms with Crippen molar-refractivity contribution in [1.29, 1.82) is 0 Å². The van der Waals surface area contributed by atoms with Crippen molar-refractivity contribution in [2.75, 3.05) is 11.4 Å². The van der Waals surface area contributed by atoms with E-state index in [1.165, 1.54) is 23.5 Å². The Kier molecular flexibility index (Phi) is 5.16. The molecule has 1 aliphatic heterocycles. The highest BCUT2D eigenvalue weighted by molar-refractivity contribution is 7.14. The van der Waals surface area contributed by atoms with Gasteiger partial charge in [0.15, 0.2) is 5.13 Å². The van der Waals surface area contributed by atoms with Crippen LogP contribution in [0.25, 0.3) is 11.3 Å². The zero-order valence-corrected chi connectivity index (χ0v) is 15.5. The number of nitrogens with zero attached hydrogens (tertiary/aromatic N) is 2. The van der Waals surface area contributed by atoms with E-state index in [-0.39, 0.29) is 24.4 Å². The lowest BCUT2D eigenvalue weighted by atomic mass is 10.2. The minimum Gasteiger partial charge on any atom is -0.459 e. The molecule has 1 saturated heterocycles. The topological polar surface area (TPSA) is 42.4 Å². The van der Waals surface area contributed by atoms with Crippen LogP contribution in [-0.2, 0) is 16.1 Å². The van der Waals surface area contributed by atoms with Crippen LogP contribution >= 0.6 is 11.3 Å². The summed E-state index contributed by atoms with van der Waals surface area (Å²) in [7, 11) is 0. The van der Waals surface area contributed by atoms with Crippen LogP contribution in [0.5, 0.6) is 0 Å². The van der Waals surface area contributed by atoms with Crippen LogP contribution in [0.3, 0.4) is 0 Å². The maximum Gasteiger partial charge on any atom is 0.329 e. The lowest BCUT2D eigenvalue weighted by Crippen LogP contribution is -2.37. The molecule has 2 aromatic carbocycles. The van der Waals surface area contributed by atoms with Gasteiger partial charge in [0.1, 0.15) is 18.5 Å². The molecular weight excluding hydrogens is 363 g/mol. The molecule has 1 fully saturated rings. The third kappa shape index (κ3) is 4.01. The highest BCUT2D eigenvalue weighted by Gasteiger charge is 2.33. The van der Waals surface area contributed by atoms with E-state index in [1.54, 1.807) is 12.1 Å². The largest absolute Gasteiger partial charge is 0.459 e. The van der Waals surface area contributed by atoms with Gasteiger partial charge in [0.05, 0.1) is 5.69 Å². The Hall–Kier alpha value is -2.73. The summed E-state index contributed by atoms with van der Waals surface area (Å²) in [6.07, 6.45) is 1.69. The number of rotatable bonds is 5. The van der Waals surface area contributed by atoms with Gasteiger partial charge in [-0.1, -0.05) is 30.3 Å². The fourth-order valence-corrected chi connectivity index (χ4v) is 4.13. The second kappa shape index (κ2) is 7.88. The molecule has 4 nitrogen and oxygen atoms in total. The van der Waals surface area contributed by atoms with E-state index in [1.807, 2.05) is 40.6 Å². The van der Waals surface area contributed by atoms with Gasteiger partial charge in [-0.15, -0.1) is 11.3 Å². The number of anilines is 1. The van der Waals surface area contributed by atoms with Crippen LogP contribution in [0.1, 0.15) is 18.4 Å². The number of ether oxygens (including phenoxy) is 1. The van der Waals surface area contributed by atoms with Crippen LogP contribution in [0.2, 0.25) is 0 Å². The van der Waals surface area contributed by atoms with Crippen molar-refractivity contribution in [3.8, 4) is 11.3 Å². The second-order valence-electron chi connectivity index (χ2n) is 6.47. The molecule has 0 radical (unpaired) electrons. The molecule has 0 amide bonds. The molecule has 0 N–H and O–H groups in total. The molecule has 1 aliphatic rings. The number of aromatic nitrogens is 1. The molecule has 138 valence electrons. The number of halogens is 1. The van der Waals surface area contributed by atoms with Crippen molar-refractivity contribution in [3.05, 3.63) is 71.4 Å². The van der Waals surface area contributed by atoms with Crippen molar-refractivity contribution in [1.82, 2.24) is 4.98 Å². The smallest absolute Gasteiger partial charge is 0.329 e. The summed E-state index contributed by atoms with van der Waals surface area (Å²) in [5.74, 6) is -0.482. The number of esters is 1. The summed E-state index contributed by atoms with van der Waals surface area (Å²) in [6.45, 7) is 1.06. The average molecular weight is 382 g/mol. The lowest BCUT2D eigenvalue weighted by molar-refractivity contribution is -0.146. The first kappa shape index (κ1) is 17.7. The molecule has 27 heavy (non-hydrogen) atoms. The van der Waals surface area contributed by atoms with Crippen LogP contribution in [0.15, 0.2) is 60.0 Å². The molecular formula is C21H19FN2O2S. The van der Waals surface area contributed by atoms with Gasteiger partial charge >= 0.3 is 5.97 Å². The van der Waals surface area contributed by atoms with Gasteiger partial charge in [0.2, 0.25) is 0 Å². The number of hydrogen-bond donors (Lipinski definition) is 0. The van der Waals surface area contributed by atoms with Crippen LogP contribution < -0.4 is 4.90 Å². The fraction of sp³-hybridized carbons (Fsp3) is 0.238. The third-order valence-electron chi connectivity index (χ3n) is 4.63. The summed E-state index contributed by atoms with van der Waals surface area (Å²) in [6, 6.07) is 15.6. The van der Waals surface area contributed by atoms with E-state index >= 15 is 0 Å². The van der Waals surface area contributed by atoms with Crippen molar-refractivity contribution in [2.24, 2.45) is 0 Å². The van der Waals surface area contributed by atoms with Crippen molar-refractivity contribution < 1.29 is 13.9 Å². The number of hydrogen-bond acceptors (Lipinski definition) is 5. The van der Waals surface area contributed by atoms with Crippen LogP contribution in [0.4, 0.5) is 9.52 Å². The summed E-state index contributed by atoms with van der Waals surface area (Å²) in [5, 5.41) is 2.74. The monoisotopic (exact) mass is 382 g/mol. The number of thiazole rings is 1. The molecule has 0 spiro atoms. The molecule has 3 aromatic rings. The molecule has 0 bridgehead atoms. The molecule has 0 saturated carbocycles. The van der Waals surface area contributed by atoms with Crippen LogP contribution in [0, 0.1) is 5.82 Å². The van der Waals surface area contributed by atoms with Gasteiger partial charge in [-0.25, -0.2) is 14.2 Å². The van der Waals surface area contributed by atoms with E-state index in [2.05, 4.69) is 4.98 Å². The predicted octanol–water partition coefficient (Wildman–Crippen LogP) is 4.66. The van der Waals surface area contributed by atoms with Crippen molar-refractivity contribution in [3.63, 3.8) is 0 Å². The van der Waals surface area contributed by atoms with Gasteiger partial charge in [0, 0.05) is 17.5 Å². The number of carbonyl (C=O) groups excluding carboxylic acids is 1. The first-order valence-electron chi connectivity index (χ1n) is 8.89. The van der Waals surface area contributed by atoms with E-state index in [0.29, 0.717) is 0 Å². The van der Waals surface area contributed by atoms with E-state index in [0.717, 1.165) is 41.3 Å². The fourth-order valence-electron chi connectivity index (χ4n) is 3.22. The minimum atomic E-state index is -0.305. The Morgan fingerprint density at radius 2 is 1.96 bits per heavy atom. The molecule has 0 unspecified atom stereocenters. The highest BCUT2D eigenvalue weighted by Crippen LogP contribution is 2.32. The Balaban J connectivity index is 1.45. The molecule has 1 atom stereocenters. The van der Waals surface area contributed by atoms with E-state index < -0.39 is 0 Å². The Morgan fingerprint density at radius 3 is 2.74 bits per heavy atom. The van der Waals surface area contributed by atoms with Gasteiger partial charge in [-0.05, 0) is 42.7 Å². The summed E-state index contributed by atoms with van der Waals surface area (Å²) < 4.78 is 18.6. The molecule has 1 aromatic heterocycles. The average Bonchev–Trinajstić information content (AvgIpc) is 3.37. The van der Waals surface area contributed by atoms with Gasteiger partial charge in [0.25, 0.3) is 0 Å². The van der Waals surface area contributed by atoms with Gasteiger partial charge in [-0.3, -0.25) is 0 Å². The maximum absolute atomic E-state index is 13.1. The van der Waals surface area contributed by atoms with Crippen molar-refractivity contribution >= 4 is 22.4 Å². The molecule has 4 rings (SSSR count). The molecule has 0 aliphatic carbocycles. The van der Waals surface area contributed by atoms with Crippen LogP contribution in [-0.4, -0.2) is 23.5 Å². The first-order valence-corrected chi connectivity index (χ1v) is 9.77. The molecule has 2 heterocycles. The first-order chi connectivity index (χ1) is 13.2. The normalized spacial score (nSPS) is 16.5. The van der Waals surface area contributed by atoms with Crippen molar-refractivity contribution in [2.45, 2.75) is 25.5 Å². The highest BCUT2D eigenvalue weighted by atomic mass is 32.1. The standard InChI is InChI=1S/C21H19FN2O2S/c22-17-10-8-16(9-11-17)18-14-27-21(23-18)24-12-4-7-19(24)20(25)26-13-15-5-2-1-3-6-15/h1-3,5-6,8-11,14,19H,4,7,12-13H2/t19-/m1/s1. The number of benzene rings is 2. The van der Waals surface area contributed by atoms with Gasteiger partial charge < -0.3 is 9.64 Å². The Morgan fingerprint density at radius 1 is 1.19 bits per heavy atom. The summed E-state index contributed by atoms with van der Waals surface area (Å²) in [5.41, 5.74) is 2.63. The predicted molar refractivity (Wildman–Crippen MR) is 104 cm³/mol. The molecule has 6 heteroatoms. The van der Waals surface area contributed by atoms with Gasteiger partial charge in [-0.2, -0.15) is 0 Å². The number of carbonyl (C=O) groups is 1. The second-order valence-corrected chi connectivity index (χ2v) is 7.30. The third-order valence-corrected chi connectivity index (χ3v) is 5.50. The zero-order chi connectivity index (χ0) is 18.6. The summed E-state index contributed by atoms with van der Waals surface area (Å²) >= 11 is 1.49. The summed E-state index contributed by atoms with van der Waals surface area (Å²) in [4.78, 5) is 19.3. The van der Waals surface area contributed by atoms with E-state index in [4.69, 9.17) is 4.74 Å². The SMILES string of the molecule is O=C(OCc1ccccc1)[C@H]1CCCN1c1nc(-c2ccc(F)cc2)cs1. The Labute approximate surface area is 161 Å². The Bertz CT molecular complexity index is 911. The lowest BCUT2D eigenvalue weighted by Gasteiger charge is -2.22. The zero-order valence-electron chi connectivity index (χ0n) is 14.7.